The summed E-state index contributed by atoms with van der Waals surface area (Å²) in [5, 5.41) is 1.04. The Bertz CT molecular complexity index is 452. The zero-order valence-corrected chi connectivity index (χ0v) is 12.8. The molecule has 2 aliphatic rings. The number of ether oxygens (including phenoxy) is 1. The Labute approximate surface area is 118 Å². The summed E-state index contributed by atoms with van der Waals surface area (Å²) >= 11 is 1.64. The first-order chi connectivity index (χ1) is 8.89. The minimum absolute atomic E-state index is 0.168. The largest absolute Gasteiger partial charge is 0.507 e. The second-order valence-electron chi connectivity index (χ2n) is 6.19. The molecule has 0 radical (unpaired) electrons. The van der Waals surface area contributed by atoms with E-state index in [1.807, 2.05) is 6.20 Å². The quantitative estimate of drug-likeness (QED) is 0.780. The Morgan fingerprint density at radius 1 is 1.26 bits per heavy atom. The van der Waals surface area contributed by atoms with Crippen LogP contribution in [0, 0.1) is 0 Å². The highest BCUT2D eigenvalue weighted by molar-refractivity contribution is 7.22. The predicted octanol–water partition coefficient (Wildman–Crippen LogP) is 2.29. The zero-order chi connectivity index (χ0) is 13.7. The van der Waals surface area contributed by atoms with Gasteiger partial charge in [0.15, 0.2) is 0 Å². The lowest BCUT2D eigenvalue weighted by molar-refractivity contribution is 0.00578. The van der Waals surface area contributed by atoms with E-state index in [2.05, 4.69) is 32.7 Å². The van der Waals surface area contributed by atoms with Gasteiger partial charge in [0.1, 0.15) is 11.1 Å². The van der Waals surface area contributed by atoms with Crippen LogP contribution in [0.3, 0.4) is 0 Å². The van der Waals surface area contributed by atoms with E-state index in [9.17, 15) is 0 Å². The summed E-state index contributed by atoms with van der Waals surface area (Å²) in [6.45, 7) is 9.10. The van der Waals surface area contributed by atoms with E-state index >= 15 is 0 Å². The van der Waals surface area contributed by atoms with Crippen LogP contribution in [-0.2, 0) is 14.0 Å². The molecule has 0 saturated carbocycles. The summed E-state index contributed by atoms with van der Waals surface area (Å²) in [7, 11) is -0.308. The Balaban J connectivity index is 1.77. The van der Waals surface area contributed by atoms with Crippen molar-refractivity contribution in [3.63, 3.8) is 0 Å². The Morgan fingerprint density at radius 2 is 1.95 bits per heavy atom. The summed E-state index contributed by atoms with van der Waals surface area (Å²) in [4.78, 5) is 4.47. The van der Waals surface area contributed by atoms with Crippen LogP contribution >= 0.6 is 11.3 Å². The van der Waals surface area contributed by atoms with Crippen molar-refractivity contribution in [3.8, 4) is 0 Å². The summed E-state index contributed by atoms with van der Waals surface area (Å²) in [5.74, 6) is 0. The summed E-state index contributed by atoms with van der Waals surface area (Å²) < 4.78 is 18.8. The van der Waals surface area contributed by atoms with E-state index in [0.29, 0.717) is 0 Å². The maximum Gasteiger partial charge on any atom is 0.507 e. The molecule has 1 atom stereocenters. The average Bonchev–Trinajstić information content (AvgIpc) is 3.00. The molecule has 3 heterocycles. The van der Waals surface area contributed by atoms with Crippen LogP contribution < -0.4 is 4.78 Å². The summed E-state index contributed by atoms with van der Waals surface area (Å²) in [6.07, 6.45) is 4.22. The van der Waals surface area contributed by atoms with Crippen molar-refractivity contribution in [2.45, 2.75) is 57.8 Å². The van der Waals surface area contributed by atoms with E-state index in [0.717, 1.165) is 29.2 Å². The second kappa shape index (κ2) is 4.55. The lowest BCUT2D eigenvalue weighted by Gasteiger charge is -2.32. The van der Waals surface area contributed by atoms with E-state index in [-0.39, 0.29) is 24.4 Å². The number of aromatic nitrogens is 1. The van der Waals surface area contributed by atoms with Crippen molar-refractivity contribution in [1.29, 1.82) is 0 Å². The van der Waals surface area contributed by atoms with Crippen LogP contribution in [0.25, 0.3) is 0 Å². The van der Waals surface area contributed by atoms with Crippen LogP contribution in [0.15, 0.2) is 6.20 Å². The number of hydrogen-bond acceptors (Lipinski definition) is 5. The topological polar surface area (TPSA) is 40.6 Å². The third-order valence-corrected chi connectivity index (χ3v) is 5.34. The number of nitrogens with zero attached hydrogens (tertiary/aromatic N) is 1. The second-order valence-corrected chi connectivity index (χ2v) is 7.28. The monoisotopic (exact) mass is 281 g/mol. The standard InChI is InChI=1S/C13H20BNO3S/c1-12(2)13(3,4)18-14(17-12)10-8-15-11(19-10)9-6-5-7-16-9/h8-9H,5-7H2,1-4H3. The molecule has 0 spiro atoms. The molecule has 6 heteroatoms. The first-order valence-corrected chi connectivity index (χ1v) is 7.63. The first kappa shape index (κ1) is 13.6. The van der Waals surface area contributed by atoms with Crippen molar-refractivity contribution in [3.05, 3.63) is 11.2 Å². The minimum Gasteiger partial charge on any atom is -0.399 e. The fraction of sp³-hybridized carbons (Fsp3) is 0.769. The van der Waals surface area contributed by atoms with E-state index in [1.54, 1.807) is 11.3 Å². The zero-order valence-electron chi connectivity index (χ0n) is 11.9. The number of hydrogen-bond donors (Lipinski definition) is 0. The van der Waals surface area contributed by atoms with Crippen LogP contribution in [0.1, 0.15) is 51.6 Å². The van der Waals surface area contributed by atoms with Crippen molar-refractivity contribution in [1.82, 2.24) is 4.98 Å². The highest BCUT2D eigenvalue weighted by Crippen LogP contribution is 2.37. The maximum absolute atomic E-state index is 6.03. The van der Waals surface area contributed by atoms with Gasteiger partial charge in [0.05, 0.1) is 16.0 Å². The number of thiazole rings is 1. The lowest BCUT2D eigenvalue weighted by atomic mass is 9.89. The first-order valence-electron chi connectivity index (χ1n) is 6.82. The van der Waals surface area contributed by atoms with Gasteiger partial charge in [-0.3, -0.25) is 0 Å². The van der Waals surface area contributed by atoms with Gasteiger partial charge in [0, 0.05) is 12.8 Å². The van der Waals surface area contributed by atoms with Crippen molar-refractivity contribution in [2.75, 3.05) is 6.61 Å². The molecule has 3 rings (SSSR count). The molecule has 2 aliphatic heterocycles. The smallest absolute Gasteiger partial charge is 0.399 e. The highest BCUT2D eigenvalue weighted by Gasteiger charge is 2.52. The van der Waals surface area contributed by atoms with E-state index in [4.69, 9.17) is 14.0 Å². The molecule has 0 amide bonds. The van der Waals surface area contributed by atoms with Gasteiger partial charge in [0.2, 0.25) is 0 Å². The molecule has 19 heavy (non-hydrogen) atoms. The molecule has 2 fully saturated rings. The molecule has 0 aromatic carbocycles. The molecular weight excluding hydrogens is 261 g/mol. The van der Waals surface area contributed by atoms with Gasteiger partial charge in [-0.2, -0.15) is 0 Å². The fourth-order valence-electron chi connectivity index (χ4n) is 2.29. The van der Waals surface area contributed by atoms with Crippen LogP contribution in [0.2, 0.25) is 0 Å². The minimum atomic E-state index is -0.308. The molecule has 1 aromatic rings. The van der Waals surface area contributed by atoms with Gasteiger partial charge >= 0.3 is 7.12 Å². The molecule has 2 saturated heterocycles. The Morgan fingerprint density at radius 3 is 2.53 bits per heavy atom. The van der Waals surface area contributed by atoms with Crippen molar-refractivity contribution >= 4 is 23.2 Å². The SMILES string of the molecule is CC1(C)OB(c2cnc(C3CCCO3)s2)OC1(C)C. The highest BCUT2D eigenvalue weighted by atomic mass is 32.1. The maximum atomic E-state index is 6.03. The van der Waals surface area contributed by atoms with E-state index in [1.165, 1.54) is 0 Å². The van der Waals surface area contributed by atoms with Crippen LogP contribution in [0.4, 0.5) is 0 Å². The third kappa shape index (κ3) is 2.35. The van der Waals surface area contributed by atoms with Gasteiger partial charge in [-0.05, 0) is 40.5 Å². The molecular formula is C13H20BNO3S. The van der Waals surface area contributed by atoms with Gasteiger partial charge in [-0.25, -0.2) is 4.98 Å². The molecule has 104 valence electrons. The normalized spacial score (nSPS) is 29.1. The van der Waals surface area contributed by atoms with Gasteiger partial charge < -0.3 is 14.0 Å². The van der Waals surface area contributed by atoms with Crippen LogP contribution in [0.5, 0.6) is 0 Å². The number of rotatable bonds is 2. The molecule has 0 aliphatic carbocycles. The Hall–Kier alpha value is -0.425. The van der Waals surface area contributed by atoms with Crippen molar-refractivity contribution in [2.24, 2.45) is 0 Å². The lowest BCUT2D eigenvalue weighted by Crippen LogP contribution is -2.41. The average molecular weight is 281 g/mol. The van der Waals surface area contributed by atoms with Gasteiger partial charge in [0.25, 0.3) is 0 Å². The van der Waals surface area contributed by atoms with Crippen LogP contribution in [-0.4, -0.2) is 29.9 Å². The predicted molar refractivity (Wildman–Crippen MR) is 75.8 cm³/mol. The third-order valence-electron chi connectivity index (χ3n) is 4.23. The fourth-order valence-corrected chi connectivity index (χ4v) is 3.25. The molecule has 4 nitrogen and oxygen atoms in total. The summed E-state index contributed by atoms with van der Waals surface area (Å²) in [6, 6.07) is 0. The summed E-state index contributed by atoms with van der Waals surface area (Å²) in [5.41, 5.74) is -0.600. The molecule has 0 bridgehead atoms. The van der Waals surface area contributed by atoms with Gasteiger partial charge in [-0.15, -0.1) is 11.3 Å². The molecule has 0 N–H and O–H groups in total. The van der Waals surface area contributed by atoms with Gasteiger partial charge in [-0.1, -0.05) is 0 Å². The molecule has 1 aromatic heterocycles. The Kier molecular flexibility index (Phi) is 3.25. The van der Waals surface area contributed by atoms with E-state index < -0.39 is 0 Å². The van der Waals surface area contributed by atoms with Crippen molar-refractivity contribution < 1.29 is 14.0 Å². The molecule has 1 unspecified atom stereocenters.